The van der Waals surface area contributed by atoms with Crippen LogP contribution in [0.1, 0.15) is 37.0 Å². The van der Waals surface area contributed by atoms with Crippen LogP contribution in [0.5, 0.6) is 5.75 Å². The largest absolute Gasteiger partial charge is 0.482 e. The molecule has 0 spiro atoms. The zero-order valence-electron chi connectivity index (χ0n) is 32.5. The Morgan fingerprint density at radius 1 is 1.12 bits per heavy atom. The lowest BCUT2D eigenvalue weighted by atomic mass is 9.79. The Morgan fingerprint density at radius 3 is 2.69 bits per heavy atom. The third kappa shape index (κ3) is 7.41. The number of aliphatic hydroxyl groups is 5. The summed E-state index contributed by atoms with van der Waals surface area (Å²) >= 11 is 0. The molecule has 7 heterocycles. The summed E-state index contributed by atoms with van der Waals surface area (Å²) in [6.07, 6.45) is 6.38. The molecule has 6 aliphatic heterocycles. The highest BCUT2D eigenvalue weighted by Gasteiger charge is 2.51. The highest BCUT2D eigenvalue weighted by molar-refractivity contribution is 5.96. The number of aryl methyl sites for hydroxylation is 1. The zero-order valence-corrected chi connectivity index (χ0v) is 32.5. The normalized spacial score (nSPS) is 25.7. The smallest absolute Gasteiger partial charge is 0.220 e. The van der Waals surface area contributed by atoms with Gasteiger partial charge in [0.25, 0.3) is 0 Å². The van der Waals surface area contributed by atoms with E-state index in [1.54, 1.807) is 36.4 Å². The number of hydrogen-bond acceptors (Lipinski definition) is 16. The molecule has 58 heavy (non-hydrogen) atoms. The first-order chi connectivity index (χ1) is 27.9. The molecule has 2 aromatic rings. The van der Waals surface area contributed by atoms with E-state index in [9.17, 15) is 35.1 Å². The molecule has 1 saturated heterocycles. The summed E-state index contributed by atoms with van der Waals surface area (Å²) in [6.45, 7) is 1.71. The van der Waals surface area contributed by atoms with Crippen LogP contribution in [-0.2, 0) is 21.0 Å². The number of aliphatic imine (C=N–C) groups is 2. The number of allylic oxidation sites excluding steroid dienone is 2. The Kier molecular flexibility index (Phi) is 11.2. The van der Waals surface area contributed by atoms with E-state index in [0.29, 0.717) is 97.0 Å². The number of carbonyl (C=O) groups is 1. The van der Waals surface area contributed by atoms with Crippen LogP contribution in [-0.4, -0.2) is 137 Å². The molecule has 1 aromatic heterocycles. The van der Waals surface area contributed by atoms with Crippen molar-refractivity contribution in [2.24, 2.45) is 15.9 Å². The maximum absolute atomic E-state index is 13.5. The maximum atomic E-state index is 13.5. The lowest BCUT2D eigenvalue weighted by Gasteiger charge is -2.45. The molecule has 0 aliphatic carbocycles. The van der Waals surface area contributed by atoms with Gasteiger partial charge in [0.2, 0.25) is 5.91 Å². The Balaban J connectivity index is 1.13. The van der Waals surface area contributed by atoms with E-state index in [4.69, 9.17) is 18.9 Å². The Bertz CT molecular complexity index is 2200. The molecule has 7 N–H and O–H groups in total. The third-order valence-electron chi connectivity index (χ3n) is 12.1. The highest BCUT2D eigenvalue weighted by Crippen LogP contribution is 2.50. The van der Waals surface area contributed by atoms with Crippen LogP contribution in [0.15, 0.2) is 78.4 Å². The highest BCUT2D eigenvalue weighted by atomic mass is 17.2. The van der Waals surface area contributed by atoms with Crippen LogP contribution >= 0.6 is 0 Å². The fourth-order valence-corrected chi connectivity index (χ4v) is 8.75. The van der Waals surface area contributed by atoms with Crippen molar-refractivity contribution in [1.82, 2.24) is 15.5 Å². The van der Waals surface area contributed by atoms with Crippen LogP contribution in [0.2, 0.25) is 0 Å². The number of amides is 1. The molecule has 1 aromatic carbocycles. The number of β-amino-alcohol motifs (C(OH)–C–C–N with tert-alkyl or cyclic N) is 1. The molecule has 17 nitrogen and oxygen atoms in total. The number of rotatable bonds is 17. The number of nitrogens with zero attached hydrogens (tertiary/aromatic N) is 4. The fraction of sp³-hybridized carbons (Fsp3) is 0.512. The molecule has 1 amide bonds. The second-order valence-electron chi connectivity index (χ2n) is 15.9. The summed E-state index contributed by atoms with van der Waals surface area (Å²) in [4.78, 5) is 50.3. The summed E-state index contributed by atoms with van der Waals surface area (Å²) in [5.74, 6) is 0.986. The van der Waals surface area contributed by atoms with Gasteiger partial charge in [-0.05, 0) is 63.6 Å². The standard InChI is InChI=1S/C41H50N6O11/c1-23-13-31(49)27-15-26-16-34(58-55-21-33(51)41(54,39(53)32(50)20-48)22-46-12-6-28-30(46)5-10-43-28)40(8-11-42-2,7-3-24-14-35(52)45-17-24)57-37(26)36(38(27)56-23)47-18-25-4-9-44-29(25)19-47/h4-6,9-10,13,15,19,24,32-34,39,42,48,50-51,53-54H,3,7-8,11-12,14,16-18,20-22H2,1-2H3,(H,45,52)/t24-,32-,33+,34-,39-,40+,41-/m1/s1. The summed E-state index contributed by atoms with van der Waals surface area (Å²) in [6, 6.07) is 3.19. The van der Waals surface area contributed by atoms with E-state index in [1.165, 1.54) is 6.07 Å². The maximum Gasteiger partial charge on any atom is 0.220 e. The summed E-state index contributed by atoms with van der Waals surface area (Å²) in [5.41, 5.74) is 1.06. The van der Waals surface area contributed by atoms with Crippen LogP contribution in [0.25, 0.3) is 11.0 Å². The monoisotopic (exact) mass is 802 g/mol. The first-order valence-electron chi connectivity index (χ1n) is 19.7. The number of anilines is 1. The number of benzene rings is 1. The molecule has 0 unspecified atom stereocenters. The van der Waals surface area contributed by atoms with Gasteiger partial charge in [-0.15, -0.1) is 0 Å². The predicted molar refractivity (Wildman–Crippen MR) is 212 cm³/mol. The van der Waals surface area contributed by atoms with Crippen molar-refractivity contribution in [3.63, 3.8) is 0 Å². The lowest BCUT2D eigenvalue weighted by molar-refractivity contribution is -0.367. The van der Waals surface area contributed by atoms with Gasteiger partial charge in [0.15, 0.2) is 16.8 Å². The number of aliphatic hydroxyl groups excluding tert-OH is 4. The Morgan fingerprint density at radius 2 is 1.93 bits per heavy atom. The molecular weight excluding hydrogens is 752 g/mol. The number of hydrogen-bond donors (Lipinski definition) is 7. The minimum Gasteiger partial charge on any atom is -0.482 e. The third-order valence-corrected chi connectivity index (χ3v) is 12.1. The fourth-order valence-electron chi connectivity index (χ4n) is 8.75. The number of ether oxygens (including phenoxy) is 1. The average molecular weight is 803 g/mol. The van der Waals surface area contributed by atoms with Crippen molar-refractivity contribution in [2.75, 3.05) is 57.9 Å². The van der Waals surface area contributed by atoms with Gasteiger partial charge in [0.05, 0.1) is 42.2 Å². The predicted octanol–water partition coefficient (Wildman–Crippen LogP) is 0.264. The number of carbonyl (C=O) groups excluding carboxylic acids is 1. The number of fused-ring (bicyclic) bond motifs is 4. The second kappa shape index (κ2) is 16.1. The Hall–Kier alpha value is -4.72. The van der Waals surface area contributed by atoms with Gasteiger partial charge in [0, 0.05) is 68.2 Å². The zero-order chi connectivity index (χ0) is 40.8. The van der Waals surface area contributed by atoms with E-state index in [-0.39, 0.29) is 30.2 Å². The van der Waals surface area contributed by atoms with Gasteiger partial charge in [-0.1, -0.05) is 0 Å². The van der Waals surface area contributed by atoms with Crippen LogP contribution < -0.4 is 25.7 Å². The van der Waals surface area contributed by atoms with Gasteiger partial charge < -0.3 is 55.1 Å². The molecule has 1 fully saturated rings. The summed E-state index contributed by atoms with van der Waals surface area (Å²) in [5, 5.41) is 61.2. The van der Waals surface area contributed by atoms with Gasteiger partial charge >= 0.3 is 0 Å². The van der Waals surface area contributed by atoms with Crippen molar-refractivity contribution >= 4 is 35.0 Å². The number of nitrogens with one attached hydrogen (secondary N) is 2. The summed E-state index contributed by atoms with van der Waals surface area (Å²) < 4.78 is 13.5. The molecular formula is C41H50N6O11. The molecule has 0 bridgehead atoms. The van der Waals surface area contributed by atoms with Crippen LogP contribution in [0, 0.1) is 12.8 Å². The first-order valence-corrected chi connectivity index (χ1v) is 19.7. The quantitative estimate of drug-likeness (QED) is 0.0841. The van der Waals surface area contributed by atoms with Gasteiger partial charge in [-0.25, -0.2) is 9.78 Å². The van der Waals surface area contributed by atoms with E-state index in [0.717, 1.165) is 11.3 Å². The molecule has 6 aliphatic rings. The minimum absolute atomic E-state index is 0.0169. The first kappa shape index (κ1) is 40.1. The lowest BCUT2D eigenvalue weighted by Crippen LogP contribution is -2.63. The van der Waals surface area contributed by atoms with E-state index < -0.39 is 48.8 Å². The van der Waals surface area contributed by atoms with E-state index in [1.807, 2.05) is 30.3 Å². The van der Waals surface area contributed by atoms with Crippen molar-refractivity contribution < 1.29 is 49.3 Å². The summed E-state index contributed by atoms with van der Waals surface area (Å²) in [7, 11) is 1.83. The minimum atomic E-state index is -2.40. The Labute approximate surface area is 334 Å². The van der Waals surface area contributed by atoms with Crippen molar-refractivity contribution in [2.45, 2.75) is 74.6 Å². The average Bonchev–Trinajstić information content (AvgIpc) is 4.05. The van der Waals surface area contributed by atoms with E-state index in [2.05, 4.69) is 20.6 Å². The topological polar surface area (TPSA) is 231 Å². The van der Waals surface area contributed by atoms with Crippen molar-refractivity contribution in [3.8, 4) is 5.75 Å². The SMILES string of the molecule is CNCC[C@]1(CC[C@H]2CNC(=O)C2)Oc2c(cc3c(=O)cc(C)oc3c2N2C=C3N=CC=C3C2)C[C@H]1OOC[C@H](O)[C@](O)(CN1CC=C2N=CC=C21)[C@H](O)[C@H](O)CO. The molecule has 8 rings (SSSR count). The van der Waals surface area contributed by atoms with Gasteiger partial charge in [0.1, 0.15) is 53.7 Å². The van der Waals surface area contributed by atoms with Gasteiger partial charge in [-0.3, -0.25) is 19.6 Å². The van der Waals surface area contributed by atoms with Crippen LogP contribution in [0.4, 0.5) is 5.69 Å². The second-order valence-corrected chi connectivity index (χ2v) is 15.9. The van der Waals surface area contributed by atoms with E-state index >= 15 is 0 Å². The van der Waals surface area contributed by atoms with Crippen molar-refractivity contribution in [1.29, 1.82) is 0 Å². The molecule has 0 saturated carbocycles. The van der Waals surface area contributed by atoms with Gasteiger partial charge in [-0.2, -0.15) is 0 Å². The molecule has 17 heteroatoms. The van der Waals surface area contributed by atoms with Crippen LogP contribution in [0.3, 0.4) is 0 Å². The molecule has 310 valence electrons. The molecule has 0 radical (unpaired) electrons. The van der Waals surface area contributed by atoms with Crippen molar-refractivity contribution in [3.05, 3.63) is 80.8 Å². The molecule has 7 atom stereocenters.